The normalized spacial score (nSPS) is 10.5. The molecule has 0 aliphatic carbocycles. The van der Waals surface area contributed by atoms with Crippen LogP contribution in [0.25, 0.3) is 0 Å². The van der Waals surface area contributed by atoms with Crippen molar-refractivity contribution < 1.29 is 29.4 Å². The van der Waals surface area contributed by atoms with Crippen LogP contribution in [0, 0.1) is 5.41 Å². The molecule has 0 aliphatic heterocycles. The van der Waals surface area contributed by atoms with E-state index in [4.69, 9.17) is 5.11 Å². The van der Waals surface area contributed by atoms with Crippen LogP contribution in [0.3, 0.4) is 0 Å². The summed E-state index contributed by atoms with van der Waals surface area (Å²) in [5.41, 5.74) is 0.273. The smallest absolute Gasteiger partial charge is 0.303 e. The van der Waals surface area contributed by atoms with E-state index in [-0.39, 0.29) is 24.9 Å². The van der Waals surface area contributed by atoms with Gasteiger partial charge in [-0.1, -0.05) is 20.8 Å². The maximum Gasteiger partial charge on any atom is 0.303 e. The third kappa shape index (κ3) is 13.1. The van der Waals surface area contributed by atoms with E-state index in [0.29, 0.717) is 6.42 Å². The van der Waals surface area contributed by atoms with Crippen LogP contribution in [-0.2, 0) is 24.3 Å². The molecule has 0 bridgehead atoms. The van der Waals surface area contributed by atoms with Crippen LogP contribution in [-0.4, -0.2) is 11.1 Å². The third-order valence-corrected chi connectivity index (χ3v) is 1.32. The van der Waals surface area contributed by atoms with Gasteiger partial charge in [0.15, 0.2) is 0 Å². The third-order valence-electron chi connectivity index (χ3n) is 1.32. The van der Waals surface area contributed by atoms with E-state index in [9.17, 15) is 4.79 Å². The molecule has 3 heteroatoms. The van der Waals surface area contributed by atoms with Crippen LogP contribution >= 0.6 is 0 Å². The van der Waals surface area contributed by atoms with Crippen LogP contribution in [0.15, 0.2) is 0 Å². The average molecular weight is 210 g/mol. The molecule has 0 unspecified atom stereocenters. The van der Waals surface area contributed by atoms with Gasteiger partial charge in [-0.25, -0.2) is 0 Å². The summed E-state index contributed by atoms with van der Waals surface area (Å²) in [7, 11) is 0. The van der Waals surface area contributed by atoms with Gasteiger partial charge >= 0.3 is 5.97 Å². The van der Waals surface area contributed by atoms with E-state index >= 15 is 0 Å². The minimum atomic E-state index is -0.691. The van der Waals surface area contributed by atoms with Crippen LogP contribution < -0.4 is 0 Å². The van der Waals surface area contributed by atoms with Gasteiger partial charge in [0.1, 0.15) is 0 Å². The van der Waals surface area contributed by atoms with Crippen molar-refractivity contribution in [2.24, 2.45) is 5.41 Å². The van der Waals surface area contributed by atoms with Crippen LogP contribution in [0.1, 0.15) is 40.0 Å². The zero-order chi connectivity index (χ0) is 8.20. The van der Waals surface area contributed by atoms with Gasteiger partial charge in [0, 0.05) is 25.9 Å². The van der Waals surface area contributed by atoms with Crippen LogP contribution in [0.5, 0.6) is 0 Å². The van der Waals surface area contributed by atoms with E-state index in [0.717, 1.165) is 12.8 Å². The maximum absolute atomic E-state index is 10.1. The minimum Gasteiger partial charge on any atom is -0.481 e. The molecule has 0 aliphatic rings. The van der Waals surface area contributed by atoms with Gasteiger partial charge in [-0.3, -0.25) is 4.79 Å². The summed E-state index contributed by atoms with van der Waals surface area (Å²) in [5, 5.41) is 8.31. The first-order valence-corrected chi connectivity index (χ1v) is 3.63. The monoisotopic (exact) mass is 208 g/mol. The van der Waals surface area contributed by atoms with Crippen LogP contribution in [0.2, 0.25) is 0 Å². The van der Waals surface area contributed by atoms with Gasteiger partial charge in [-0.05, 0) is 18.3 Å². The summed E-state index contributed by atoms with van der Waals surface area (Å²) in [6, 6.07) is 0. The average Bonchev–Trinajstić information content (AvgIpc) is 1.59. The molecule has 2 nitrogen and oxygen atoms in total. The van der Waals surface area contributed by atoms with Gasteiger partial charge in [0.05, 0.1) is 0 Å². The number of hydrogen-bond acceptors (Lipinski definition) is 1. The first-order chi connectivity index (χ1) is 4.42. The molecule has 0 saturated carbocycles. The number of rotatable bonds is 3. The summed E-state index contributed by atoms with van der Waals surface area (Å²) < 4.78 is 0. The molecule has 0 amide bonds. The quantitative estimate of drug-likeness (QED) is 0.724. The van der Waals surface area contributed by atoms with Crippen molar-refractivity contribution in [1.82, 2.24) is 0 Å². The summed E-state index contributed by atoms with van der Waals surface area (Å²) in [6.45, 7) is 6.36. The number of carboxylic acid groups (broad SMARTS) is 1. The van der Waals surface area contributed by atoms with E-state index in [1.54, 1.807) is 0 Å². The molecule has 0 aromatic carbocycles. The molecular weight excluding hydrogens is 193 g/mol. The second kappa shape index (κ2) is 5.71. The fourth-order valence-corrected chi connectivity index (χ4v) is 0.770. The first kappa shape index (κ1) is 13.7. The molecule has 11 heavy (non-hydrogen) atoms. The zero-order valence-electron chi connectivity index (χ0n) is 7.68. The van der Waals surface area contributed by atoms with E-state index in [1.165, 1.54) is 0 Å². The van der Waals surface area contributed by atoms with Gasteiger partial charge in [-0.2, -0.15) is 0 Å². The molecule has 0 aromatic rings. The second-order valence-electron chi connectivity index (χ2n) is 3.81. The Bertz CT molecular complexity index is 116. The van der Waals surface area contributed by atoms with Crippen molar-refractivity contribution in [3.63, 3.8) is 0 Å². The Morgan fingerprint density at radius 1 is 1.36 bits per heavy atom. The van der Waals surface area contributed by atoms with Gasteiger partial charge < -0.3 is 5.11 Å². The molecule has 0 fully saturated rings. The Morgan fingerprint density at radius 2 is 1.82 bits per heavy atom. The maximum atomic E-state index is 10.1. The number of carboxylic acids is 1. The fourth-order valence-electron chi connectivity index (χ4n) is 0.770. The topological polar surface area (TPSA) is 37.3 Å². The standard InChI is InChI=1S/C8H16O2.Zn/c1-8(2,3)6-4-5-7(9)10;/h4-6H2,1-3H3,(H,9,10);. The van der Waals surface area contributed by atoms with Crippen molar-refractivity contribution in [1.29, 1.82) is 0 Å². The largest absolute Gasteiger partial charge is 0.481 e. The summed E-state index contributed by atoms with van der Waals surface area (Å²) in [4.78, 5) is 10.1. The first-order valence-electron chi connectivity index (χ1n) is 3.63. The Morgan fingerprint density at radius 3 is 2.09 bits per heavy atom. The molecule has 0 radical (unpaired) electrons. The Kier molecular flexibility index (Phi) is 7.09. The SMILES string of the molecule is CC(C)(C)CCCC(=O)O.[Zn]. The Labute approximate surface area is 81.1 Å². The Hall–Kier alpha value is 0.0934. The summed E-state index contributed by atoms with van der Waals surface area (Å²) >= 11 is 0. The van der Waals surface area contributed by atoms with Gasteiger partial charge in [0.25, 0.3) is 0 Å². The zero-order valence-corrected chi connectivity index (χ0v) is 10.7. The molecule has 0 atom stereocenters. The van der Waals surface area contributed by atoms with Crippen molar-refractivity contribution in [2.45, 2.75) is 40.0 Å². The molecule has 0 rings (SSSR count). The molecule has 0 saturated heterocycles. The number of carbonyl (C=O) groups is 1. The molecule has 0 spiro atoms. The van der Waals surface area contributed by atoms with Crippen molar-refractivity contribution >= 4 is 5.97 Å². The predicted molar refractivity (Wildman–Crippen MR) is 40.9 cm³/mol. The molecule has 1 N–H and O–H groups in total. The fraction of sp³-hybridized carbons (Fsp3) is 0.875. The number of hydrogen-bond donors (Lipinski definition) is 1. The molecular formula is C8H16O2Zn. The van der Waals surface area contributed by atoms with Gasteiger partial charge in [-0.15, -0.1) is 0 Å². The van der Waals surface area contributed by atoms with E-state index < -0.39 is 5.97 Å². The Balaban J connectivity index is 0. The van der Waals surface area contributed by atoms with Gasteiger partial charge in [0.2, 0.25) is 0 Å². The van der Waals surface area contributed by atoms with Crippen molar-refractivity contribution in [3.05, 3.63) is 0 Å². The second-order valence-corrected chi connectivity index (χ2v) is 3.81. The van der Waals surface area contributed by atoms with E-state index in [2.05, 4.69) is 20.8 Å². The number of aliphatic carboxylic acids is 1. The minimum absolute atomic E-state index is 0. The van der Waals surface area contributed by atoms with E-state index in [1.807, 2.05) is 0 Å². The summed E-state index contributed by atoms with van der Waals surface area (Å²) in [5.74, 6) is -0.691. The van der Waals surface area contributed by atoms with Crippen molar-refractivity contribution in [2.75, 3.05) is 0 Å². The summed E-state index contributed by atoms with van der Waals surface area (Å²) in [6.07, 6.45) is 2.08. The van der Waals surface area contributed by atoms with Crippen LogP contribution in [0.4, 0.5) is 0 Å². The molecule has 0 aromatic heterocycles. The molecule has 0 heterocycles. The predicted octanol–water partition coefficient (Wildman–Crippen LogP) is 2.28. The van der Waals surface area contributed by atoms with Crippen molar-refractivity contribution in [3.8, 4) is 0 Å². The molecule has 62 valence electrons.